The van der Waals surface area contributed by atoms with Gasteiger partial charge in [-0.3, -0.25) is 0 Å². The van der Waals surface area contributed by atoms with Crippen LogP contribution in [0.15, 0.2) is 22.7 Å². The molecule has 1 aromatic carbocycles. The quantitative estimate of drug-likeness (QED) is 0.810. The molecule has 0 bridgehead atoms. The highest BCUT2D eigenvalue weighted by Crippen LogP contribution is 2.19. The molecule has 0 aliphatic carbocycles. The van der Waals surface area contributed by atoms with E-state index in [1.165, 1.54) is 0 Å². The summed E-state index contributed by atoms with van der Waals surface area (Å²) in [5.41, 5.74) is 0. The van der Waals surface area contributed by atoms with E-state index in [1.54, 1.807) is 0 Å². The molecule has 1 radical (unpaired) electrons. The third kappa shape index (κ3) is 2.45. The molecule has 2 nitrogen and oxygen atoms in total. The molecule has 0 unspecified atom stereocenters. The van der Waals surface area contributed by atoms with Crippen LogP contribution in [-0.4, -0.2) is 19.3 Å². The first-order valence-corrected chi connectivity index (χ1v) is 5.05. The van der Waals surface area contributed by atoms with Gasteiger partial charge in [-0.25, -0.2) is 0 Å². The SMILES string of the molecule is Brc1cc[c]c(OC[C@@H]2CCO2)c1. The number of hydrogen-bond donors (Lipinski definition) is 0. The van der Waals surface area contributed by atoms with Gasteiger partial charge in [0.2, 0.25) is 0 Å². The van der Waals surface area contributed by atoms with Crippen molar-refractivity contribution in [2.24, 2.45) is 0 Å². The van der Waals surface area contributed by atoms with Gasteiger partial charge in [-0.1, -0.05) is 15.9 Å². The van der Waals surface area contributed by atoms with Gasteiger partial charge >= 0.3 is 0 Å². The minimum absolute atomic E-state index is 0.285. The molecule has 1 atom stereocenters. The Morgan fingerprint density at radius 1 is 1.69 bits per heavy atom. The van der Waals surface area contributed by atoms with Crippen molar-refractivity contribution in [2.75, 3.05) is 13.2 Å². The Kier molecular flexibility index (Phi) is 2.86. The molecule has 1 fully saturated rings. The van der Waals surface area contributed by atoms with E-state index >= 15 is 0 Å². The van der Waals surface area contributed by atoms with Gasteiger partial charge in [0.15, 0.2) is 0 Å². The van der Waals surface area contributed by atoms with Gasteiger partial charge in [0.05, 0.1) is 6.10 Å². The van der Waals surface area contributed by atoms with E-state index in [0.29, 0.717) is 6.61 Å². The average Bonchev–Trinajstić information content (AvgIpc) is 2.01. The smallest absolute Gasteiger partial charge is 0.128 e. The second-order valence-electron chi connectivity index (χ2n) is 2.96. The number of halogens is 1. The summed E-state index contributed by atoms with van der Waals surface area (Å²) in [5.74, 6) is 0.768. The summed E-state index contributed by atoms with van der Waals surface area (Å²) in [5, 5.41) is 0. The van der Waals surface area contributed by atoms with Gasteiger partial charge in [0, 0.05) is 23.6 Å². The lowest BCUT2D eigenvalue weighted by atomic mass is 10.2. The van der Waals surface area contributed by atoms with Crippen LogP contribution in [0.2, 0.25) is 0 Å². The predicted octanol–water partition coefficient (Wildman–Crippen LogP) is 2.42. The maximum Gasteiger partial charge on any atom is 0.128 e. The maximum atomic E-state index is 5.48. The molecule has 0 amide bonds. The van der Waals surface area contributed by atoms with Crippen molar-refractivity contribution in [2.45, 2.75) is 12.5 Å². The van der Waals surface area contributed by atoms with Crippen LogP contribution in [0.1, 0.15) is 6.42 Å². The van der Waals surface area contributed by atoms with E-state index in [1.807, 2.05) is 18.2 Å². The molecule has 0 spiro atoms. The Hall–Kier alpha value is -0.540. The molecule has 1 saturated heterocycles. The molecule has 1 aromatic rings. The molecular formula is C10H10BrO2. The number of benzene rings is 1. The van der Waals surface area contributed by atoms with E-state index in [0.717, 1.165) is 23.2 Å². The number of hydrogen-bond acceptors (Lipinski definition) is 2. The molecule has 0 saturated carbocycles. The van der Waals surface area contributed by atoms with Gasteiger partial charge in [-0.2, -0.15) is 0 Å². The van der Waals surface area contributed by atoms with E-state index in [2.05, 4.69) is 22.0 Å². The zero-order valence-electron chi connectivity index (χ0n) is 7.13. The molecular weight excluding hydrogens is 232 g/mol. The summed E-state index contributed by atoms with van der Waals surface area (Å²) in [6.45, 7) is 1.50. The second kappa shape index (κ2) is 4.11. The van der Waals surface area contributed by atoms with Crippen molar-refractivity contribution >= 4 is 15.9 Å². The maximum absolute atomic E-state index is 5.48. The minimum Gasteiger partial charge on any atom is -0.490 e. The monoisotopic (exact) mass is 241 g/mol. The average molecular weight is 242 g/mol. The Bertz CT molecular complexity index is 284. The molecule has 0 aromatic heterocycles. The minimum atomic E-state index is 0.285. The van der Waals surface area contributed by atoms with Gasteiger partial charge in [0.25, 0.3) is 0 Å². The van der Waals surface area contributed by atoms with Crippen molar-refractivity contribution in [1.29, 1.82) is 0 Å². The van der Waals surface area contributed by atoms with Gasteiger partial charge in [-0.15, -0.1) is 0 Å². The summed E-state index contributed by atoms with van der Waals surface area (Å²) >= 11 is 3.37. The standard InChI is InChI=1S/C10H10BrO2/c11-8-2-1-3-9(6-8)13-7-10-4-5-12-10/h1-2,6,10H,4-5,7H2/t10-/m0/s1. The first-order valence-electron chi connectivity index (χ1n) is 4.26. The highest BCUT2D eigenvalue weighted by Gasteiger charge is 2.18. The van der Waals surface area contributed by atoms with Gasteiger partial charge in [0.1, 0.15) is 12.4 Å². The number of rotatable bonds is 3. The Balaban J connectivity index is 1.86. The number of ether oxygens (including phenoxy) is 2. The van der Waals surface area contributed by atoms with Crippen LogP contribution >= 0.6 is 15.9 Å². The molecule has 2 rings (SSSR count). The van der Waals surface area contributed by atoms with Crippen molar-refractivity contribution in [3.05, 3.63) is 28.7 Å². The molecule has 0 N–H and O–H groups in total. The summed E-state index contributed by atoms with van der Waals surface area (Å²) in [7, 11) is 0. The van der Waals surface area contributed by atoms with E-state index in [-0.39, 0.29) is 6.10 Å². The fourth-order valence-corrected chi connectivity index (χ4v) is 1.44. The largest absolute Gasteiger partial charge is 0.490 e. The van der Waals surface area contributed by atoms with E-state index in [4.69, 9.17) is 9.47 Å². The highest BCUT2D eigenvalue weighted by atomic mass is 79.9. The topological polar surface area (TPSA) is 18.5 Å². The van der Waals surface area contributed by atoms with Gasteiger partial charge < -0.3 is 9.47 Å². The Morgan fingerprint density at radius 2 is 2.54 bits per heavy atom. The first kappa shape index (κ1) is 9.03. The van der Waals surface area contributed by atoms with Gasteiger partial charge in [-0.05, 0) is 18.2 Å². The normalized spacial score (nSPS) is 20.8. The summed E-state index contributed by atoms with van der Waals surface area (Å²) in [4.78, 5) is 0. The fourth-order valence-electron chi connectivity index (χ4n) is 1.10. The van der Waals surface area contributed by atoms with Crippen molar-refractivity contribution in [1.82, 2.24) is 0 Å². The Morgan fingerprint density at radius 3 is 3.15 bits per heavy atom. The van der Waals surface area contributed by atoms with Crippen LogP contribution < -0.4 is 4.74 Å². The summed E-state index contributed by atoms with van der Waals surface area (Å²) in [6.07, 6.45) is 1.39. The summed E-state index contributed by atoms with van der Waals surface area (Å²) in [6, 6.07) is 8.66. The van der Waals surface area contributed by atoms with Crippen LogP contribution in [0.5, 0.6) is 5.75 Å². The van der Waals surface area contributed by atoms with Crippen molar-refractivity contribution in [3.8, 4) is 5.75 Å². The molecule has 1 aliphatic heterocycles. The van der Waals surface area contributed by atoms with Crippen LogP contribution in [0.4, 0.5) is 0 Å². The van der Waals surface area contributed by atoms with Crippen LogP contribution in [0.25, 0.3) is 0 Å². The Labute approximate surface area is 86.0 Å². The third-order valence-electron chi connectivity index (χ3n) is 1.96. The molecule has 1 heterocycles. The molecule has 69 valence electrons. The molecule has 13 heavy (non-hydrogen) atoms. The van der Waals surface area contributed by atoms with Crippen molar-refractivity contribution in [3.63, 3.8) is 0 Å². The van der Waals surface area contributed by atoms with Crippen LogP contribution in [0, 0.1) is 6.07 Å². The summed E-state index contributed by atoms with van der Waals surface area (Å²) < 4.78 is 11.7. The lowest BCUT2D eigenvalue weighted by Gasteiger charge is -2.26. The predicted molar refractivity (Wildman–Crippen MR) is 52.8 cm³/mol. The second-order valence-corrected chi connectivity index (χ2v) is 3.88. The van der Waals surface area contributed by atoms with Crippen molar-refractivity contribution < 1.29 is 9.47 Å². The zero-order chi connectivity index (χ0) is 9.10. The van der Waals surface area contributed by atoms with Crippen LogP contribution in [0.3, 0.4) is 0 Å². The van der Waals surface area contributed by atoms with Crippen LogP contribution in [-0.2, 0) is 4.74 Å². The molecule has 1 aliphatic rings. The zero-order valence-corrected chi connectivity index (χ0v) is 8.71. The lowest BCUT2D eigenvalue weighted by Crippen LogP contribution is -2.32. The lowest BCUT2D eigenvalue weighted by molar-refractivity contribution is -0.0721. The molecule has 3 heteroatoms. The van der Waals surface area contributed by atoms with E-state index < -0.39 is 0 Å². The first-order chi connectivity index (χ1) is 6.34. The van der Waals surface area contributed by atoms with E-state index in [9.17, 15) is 0 Å². The third-order valence-corrected chi connectivity index (χ3v) is 2.45. The fraction of sp³-hybridized carbons (Fsp3) is 0.400. The highest BCUT2D eigenvalue weighted by molar-refractivity contribution is 9.10.